The molecule has 1 atom stereocenters. The molecule has 20 heavy (non-hydrogen) atoms. The van der Waals surface area contributed by atoms with Crippen LogP contribution in [0.15, 0.2) is 47.4 Å². The highest BCUT2D eigenvalue weighted by Crippen LogP contribution is 2.15. The van der Waals surface area contributed by atoms with E-state index in [1.165, 1.54) is 6.07 Å². The molecule has 104 valence electrons. The largest absolute Gasteiger partial charge is 0.293 e. The average molecular weight is 294 g/mol. The summed E-state index contributed by atoms with van der Waals surface area (Å²) >= 11 is 0. The summed E-state index contributed by atoms with van der Waals surface area (Å²) in [7, 11) is -1.50. The molecule has 0 aliphatic heterocycles. The van der Waals surface area contributed by atoms with Crippen LogP contribution in [0.3, 0.4) is 0 Å². The van der Waals surface area contributed by atoms with Crippen LogP contribution in [0, 0.1) is 18.6 Å². The third kappa shape index (κ3) is 3.17. The van der Waals surface area contributed by atoms with Crippen LogP contribution < -0.4 is 0 Å². The molecule has 0 N–H and O–H groups in total. The van der Waals surface area contributed by atoms with Gasteiger partial charge in [-0.15, -0.1) is 0 Å². The van der Waals surface area contributed by atoms with Crippen LogP contribution in [0.25, 0.3) is 0 Å². The number of rotatable bonds is 4. The molecule has 0 fully saturated rings. The summed E-state index contributed by atoms with van der Waals surface area (Å²) in [5, 5.41) is 0. The smallest absolute Gasteiger partial charge is 0.175 e. The Morgan fingerprint density at radius 1 is 1.10 bits per heavy atom. The van der Waals surface area contributed by atoms with E-state index in [0.29, 0.717) is 4.90 Å². The number of aryl methyl sites for hydroxylation is 1. The molecular weight excluding hydrogens is 282 g/mol. The Labute approximate surface area is 117 Å². The Bertz CT molecular complexity index is 683. The fourth-order valence-corrected chi connectivity index (χ4v) is 2.98. The van der Waals surface area contributed by atoms with Crippen LogP contribution in [-0.4, -0.2) is 15.7 Å². The summed E-state index contributed by atoms with van der Waals surface area (Å²) in [6, 6.07) is 9.94. The van der Waals surface area contributed by atoms with E-state index in [-0.39, 0.29) is 11.3 Å². The summed E-state index contributed by atoms with van der Waals surface area (Å²) in [5.74, 6) is -2.83. The summed E-state index contributed by atoms with van der Waals surface area (Å²) in [6.07, 6.45) is 0. The number of halogens is 2. The zero-order chi connectivity index (χ0) is 14.7. The minimum Gasteiger partial charge on any atom is -0.293 e. The van der Waals surface area contributed by atoms with Gasteiger partial charge in [0.2, 0.25) is 0 Å². The van der Waals surface area contributed by atoms with Crippen LogP contribution >= 0.6 is 0 Å². The van der Waals surface area contributed by atoms with E-state index in [2.05, 4.69) is 0 Å². The first-order chi connectivity index (χ1) is 9.49. The maximum Gasteiger partial charge on any atom is 0.175 e. The first kappa shape index (κ1) is 14.5. The Hall–Kier alpha value is -1.88. The maximum absolute atomic E-state index is 13.1. The Morgan fingerprint density at radius 2 is 1.80 bits per heavy atom. The topological polar surface area (TPSA) is 34.1 Å². The number of hydrogen-bond acceptors (Lipinski definition) is 2. The number of benzene rings is 2. The van der Waals surface area contributed by atoms with E-state index in [1.54, 1.807) is 25.1 Å². The predicted molar refractivity (Wildman–Crippen MR) is 73.1 cm³/mol. The number of Topliss-reactive ketones (excluding diaryl/α,β-unsaturated/α-hetero) is 1. The van der Waals surface area contributed by atoms with Crippen molar-refractivity contribution in [1.29, 1.82) is 0 Å². The van der Waals surface area contributed by atoms with E-state index in [1.807, 2.05) is 6.07 Å². The van der Waals surface area contributed by atoms with Crippen molar-refractivity contribution in [3.8, 4) is 0 Å². The quantitative estimate of drug-likeness (QED) is 0.811. The molecule has 5 heteroatoms. The maximum atomic E-state index is 13.1. The van der Waals surface area contributed by atoms with Crippen molar-refractivity contribution in [1.82, 2.24) is 0 Å². The molecule has 0 amide bonds. The molecule has 0 bridgehead atoms. The van der Waals surface area contributed by atoms with Gasteiger partial charge < -0.3 is 0 Å². The first-order valence-corrected chi connectivity index (χ1v) is 7.23. The van der Waals surface area contributed by atoms with Gasteiger partial charge in [0, 0.05) is 10.5 Å². The van der Waals surface area contributed by atoms with Crippen LogP contribution in [0.2, 0.25) is 0 Å². The Morgan fingerprint density at radius 3 is 2.45 bits per heavy atom. The van der Waals surface area contributed by atoms with Crippen LogP contribution in [-0.2, 0) is 10.8 Å². The Balaban J connectivity index is 2.17. The lowest BCUT2D eigenvalue weighted by molar-refractivity contribution is 0.102. The van der Waals surface area contributed by atoms with Gasteiger partial charge in [-0.25, -0.2) is 8.78 Å². The van der Waals surface area contributed by atoms with Crippen molar-refractivity contribution in [3.05, 3.63) is 65.2 Å². The molecule has 0 spiro atoms. The second-order valence-electron chi connectivity index (χ2n) is 4.31. The minimum absolute atomic E-state index is 0.0193. The van der Waals surface area contributed by atoms with Gasteiger partial charge in [-0.3, -0.25) is 9.00 Å². The van der Waals surface area contributed by atoms with Crippen molar-refractivity contribution >= 4 is 16.6 Å². The second-order valence-corrected chi connectivity index (χ2v) is 5.73. The minimum atomic E-state index is -1.50. The van der Waals surface area contributed by atoms with Gasteiger partial charge in [-0.2, -0.15) is 0 Å². The number of carbonyl (C=O) groups excluding carboxylic acids is 1. The molecule has 2 rings (SSSR count). The van der Waals surface area contributed by atoms with Crippen LogP contribution in [0.1, 0.15) is 15.9 Å². The van der Waals surface area contributed by atoms with Crippen molar-refractivity contribution in [2.45, 2.75) is 11.8 Å². The van der Waals surface area contributed by atoms with Crippen LogP contribution in [0.4, 0.5) is 8.78 Å². The molecule has 0 heterocycles. The van der Waals surface area contributed by atoms with Crippen molar-refractivity contribution in [2.75, 3.05) is 5.75 Å². The lowest BCUT2D eigenvalue weighted by Crippen LogP contribution is -2.12. The highest BCUT2D eigenvalue weighted by Gasteiger charge is 2.15. The van der Waals surface area contributed by atoms with Gasteiger partial charge in [-0.05, 0) is 36.8 Å². The molecule has 0 aliphatic rings. The monoisotopic (exact) mass is 294 g/mol. The zero-order valence-electron chi connectivity index (χ0n) is 10.7. The molecule has 0 saturated heterocycles. The zero-order valence-corrected chi connectivity index (χ0v) is 11.5. The second kappa shape index (κ2) is 6.05. The van der Waals surface area contributed by atoms with Crippen molar-refractivity contribution in [2.24, 2.45) is 0 Å². The number of ketones is 1. The first-order valence-electron chi connectivity index (χ1n) is 5.91. The summed E-state index contributed by atoms with van der Waals surface area (Å²) in [5.41, 5.74) is 0.842. The summed E-state index contributed by atoms with van der Waals surface area (Å²) in [4.78, 5) is 12.5. The fourth-order valence-electron chi connectivity index (χ4n) is 1.76. The SMILES string of the molecule is Cc1ccccc1S(=O)CC(=O)c1ccc(F)c(F)c1. The number of hydrogen-bond donors (Lipinski definition) is 0. The molecule has 2 aromatic carbocycles. The van der Waals surface area contributed by atoms with E-state index >= 15 is 0 Å². The van der Waals surface area contributed by atoms with Gasteiger partial charge in [0.15, 0.2) is 17.4 Å². The molecule has 0 radical (unpaired) electrons. The van der Waals surface area contributed by atoms with Gasteiger partial charge in [0.1, 0.15) is 0 Å². The molecule has 0 aliphatic carbocycles. The van der Waals surface area contributed by atoms with Crippen LogP contribution in [0.5, 0.6) is 0 Å². The van der Waals surface area contributed by atoms with E-state index in [4.69, 9.17) is 0 Å². The molecule has 2 aromatic rings. The van der Waals surface area contributed by atoms with Crippen molar-refractivity contribution < 1.29 is 17.8 Å². The highest BCUT2D eigenvalue weighted by atomic mass is 32.2. The molecule has 0 aromatic heterocycles. The van der Waals surface area contributed by atoms with Crippen molar-refractivity contribution in [3.63, 3.8) is 0 Å². The molecular formula is C15H12F2O2S. The normalized spacial score (nSPS) is 12.2. The summed E-state index contributed by atoms with van der Waals surface area (Å²) < 4.78 is 38.0. The predicted octanol–water partition coefficient (Wildman–Crippen LogP) is 3.26. The molecule has 2 nitrogen and oxygen atoms in total. The third-order valence-electron chi connectivity index (χ3n) is 2.84. The van der Waals surface area contributed by atoms with Gasteiger partial charge in [-0.1, -0.05) is 18.2 Å². The standard InChI is InChI=1S/C15H12F2O2S/c1-10-4-2-3-5-15(10)20(19)9-14(18)11-6-7-12(16)13(17)8-11/h2-8H,9H2,1H3. The van der Waals surface area contributed by atoms with Gasteiger partial charge in [0.25, 0.3) is 0 Å². The van der Waals surface area contributed by atoms with E-state index < -0.39 is 28.2 Å². The van der Waals surface area contributed by atoms with E-state index in [0.717, 1.165) is 17.7 Å². The fraction of sp³-hybridized carbons (Fsp3) is 0.133. The van der Waals surface area contributed by atoms with E-state index in [9.17, 15) is 17.8 Å². The highest BCUT2D eigenvalue weighted by molar-refractivity contribution is 7.85. The number of carbonyl (C=O) groups is 1. The molecule has 0 saturated carbocycles. The lowest BCUT2D eigenvalue weighted by atomic mass is 10.1. The third-order valence-corrected chi connectivity index (χ3v) is 4.32. The molecule has 1 unspecified atom stereocenters. The average Bonchev–Trinajstić information content (AvgIpc) is 2.42. The summed E-state index contributed by atoms with van der Waals surface area (Å²) in [6.45, 7) is 1.80. The van der Waals surface area contributed by atoms with Gasteiger partial charge >= 0.3 is 0 Å². The lowest BCUT2D eigenvalue weighted by Gasteiger charge is -2.05. The Kier molecular flexibility index (Phi) is 4.39. The van der Waals surface area contributed by atoms with Gasteiger partial charge in [0.05, 0.1) is 16.6 Å².